The SMILES string of the molecule is C=CCN1CC[C@@]2(C)c3cc(O)ccc3CC1C2C. The zero-order valence-electron chi connectivity index (χ0n) is 11.9. The van der Waals surface area contributed by atoms with Gasteiger partial charge in [-0.25, -0.2) is 0 Å². The van der Waals surface area contributed by atoms with Crippen LogP contribution in [-0.4, -0.2) is 29.1 Å². The normalized spacial score (nSPS) is 33.8. The molecule has 2 bridgehead atoms. The molecule has 1 heterocycles. The van der Waals surface area contributed by atoms with Crippen molar-refractivity contribution < 1.29 is 5.11 Å². The van der Waals surface area contributed by atoms with Crippen molar-refractivity contribution in [3.8, 4) is 5.75 Å². The highest BCUT2D eigenvalue weighted by Gasteiger charge is 2.48. The van der Waals surface area contributed by atoms with Crippen molar-refractivity contribution >= 4 is 0 Å². The molecule has 0 radical (unpaired) electrons. The third kappa shape index (κ3) is 1.81. The Morgan fingerprint density at radius 2 is 2.32 bits per heavy atom. The lowest BCUT2D eigenvalue weighted by atomic mass is 9.59. The molecule has 1 aromatic rings. The van der Waals surface area contributed by atoms with E-state index >= 15 is 0 Å². The van der Waals surface area contributed by atoms with E-state index in [0.29, 0.717) is 17.7 Å². The first kappa shape index (κ1) is 12.7. The topological polar surface area (TPSA) is 23.5 Å². The van der Waals surface area contributed by atoms with Crippen LogP contribution in [0.5, 0.6) is 5.75 Å². The molecular formula is C17H23NO. The molecule has 1 aromatic carbocycles. The van der Waals surface area contributed by atoms with Crippen LogP contribution in [0.1, 0.15) is 31.4 Å². The van der Waals surface area contributed by atoms with E-state index in [0.717, 1.165) is 25.9 Å². The maximum Gasteiger partial charge on any atom is 0.115 e. The van der Waals surface area contributed by atoms with Crippen LogP contribution >= 0.6 is 0 Å². The third-order valence-electron chi connectivity index (χ3n) is 5.47. The minimum Gasteiger partial charge on any atom is -0.508 e. The fourth-order valence-electron chi connectivity index (χ4n) is 4.09. The highest BCUT2D eigenvalue weighted by Crippen LogP contribution is 2.49. The molecule has 102 valence electrons. The molecule has 0 saturated carbocycles. The van der Waals surface area contributed by atoms with Crippen LogP contribution in [0, 0.1) is 5.92 Å². The molecular weight excluding hydrogens is 234 g/mol. The highest BCUT2D eigenvalue weighted by molar-refractivity contribution is 5.44. The summed E-state index contributed by atoms with van der Waals surface area (Å²) >= 11 is 0. The smallest absolute Gasteiger partial charge is 0.115 e. The van der Waals surface area contributed by atoms with Crippen molar-refractivity contribution in [2.24, 2.45) is 5.92 Å². The molecule has 1 aliphatic carbocycles. The van der Waals surface area contributed by atoms with E-state index in [9.17, 15) is 5.11 Å². The molecule has 2 heteroatoms. The molecule has 2 nitrogen and oxygen atoms in total. The summed E-state index contributed by atoms with van der Waals surface area (Å²) < 4.78 is 0. The Balaban J connectivity index is 2.06. The van der Waals surface area contributed by atoms with Crippen molar-refractivity contribution in [2.45, 2.75) is 38.1 Å². The summed E-state index contributed by atoms with van der Waals surface area (Å²) in [5, 5.41) is 9.80. The van der Waals surface area contributed by atoms with Gasteiger partial charge in [0.15, 0.2) is 0 Å². The van der Waals surface area contributed by atoms with Crippen LogP contribution in [0.15, 0.2) is 30.9 Å². The average Bonchev–Trinajstić information content (AvgIpc) is 2.38. The molecule has 0 spiro atoms. The van der Waals surface area contributed by atoms with Crippen molar-refractivity contribution in [3.05, 3.63) is 42.0 Å². The van der Waals surface area contributed by atoms with Gasteiger partial charge in [-0.05, 0) is 54.0 Å². The van der Waals surface area contributed by atoms with Crippen molar-refractivity contribution in [1.29, 1.82) is 0 Å². The fourth-order valence-corrected chi connectivity index (χ4v) is 4.09. The minimum absolute atomic E-state index is 0.203. The Labute approximate surface area is 115 Å². The summed E-state index contributed by atoms with van der Waals surface area (Å²) in [7, 11) is 0. The van der Waals surface area contributed by atoms with Gasteiger partial charge in [0.25, 0.3) is 0 Å². The van der Waals surface area contributed by atoms with E-state index in [2.05, 4.69) is 31.4 Å². The predicted molar refractivity (Wildman–Crippen MR) is 78.5 cm³/mol. The largest absolute Gasteiger partial charge is 0.508 e. The number of piperidine rings is 1. The number of benzene rings is 1. The van der Waals surface area contributed by atoms with Gasteiger partial charge in [-0.2, -0.15) is 0 Å². The maximum atomic E-state index is 9.80. The Morgan fingerprint density at radius 1 is 1.53 bits per heavy atom. The van der Waals surface area contributed by atoms with Gasteiger partial charge in [-0.15, -0.1) is 6.58 Å². The summed E-state index contributed by atoms with van der Waals surface area (Å²) in [6, 6.07) is 6.53. The second-order valence-electron chi connectivity index (χ2n) is 6.35. The number of likely N-dealkylation sites (tertiary alicyclic amines) is 1. The van der Waals surface area contributed by atoms with E-state index in [-0.39, 0.29) is 5.41 Å². The van der Waals surface area contributed by atoms with Gasteiger partial charge < -0.3 is 5.11 Å². The number of rotatable bonds is 2. The zero-order chi connectivity index (χ0) is 13.6. The number of hydrogen-bond donors (Lipinski definition) is 1. The van der Waals surface area contributed by atoms with Crippen LogP contribution in [0.4, 0.5) is 0 Å². The number of phenolic OH excluding ortho intramolecular Hbond substituents is 1. The molecule has 3 atom stereocenters. The van der Waals surface area contributed by atoms with Crippen molar-refractivity contribution in [3.63, 3.8) is 0 Å². The maximum absolute atomic E-state index is 9.80. The van der Waals surface area contributed by atoms with Crippen LogP contribution in [0.3, 0.4) is 0 Å². The molecule has 1 N–H and O–H groups in total. The average molecular weight is 257 g/mol. The fraction of sp³-hybridized carbons (Fsp3) is 0.529. The zero-order valence-corrected chi connectivity index (χ0v) is 11.9. The second kappa shape index (κ2) is 4.38. The Hall–Kier alpha value is -1.28. The van der Waals surface area contributed by atoms with Gasteiger partial charge in [0.2, 0.25) is 0 Å². The Bertz CT molecular complexity index is 510. The standard InChI is InChI=1S/C17H23NO/c1-4-8-18-9-7-17(3)12(2)16(18)10-13-5-6-14(19)11-15(13)17/h4-6,11-12,16,19H,1,7-10H2,2-3H3/t12?,16?,17-/m1/s1. The van der Waals surface area contributed by atoms with Gasteiger partial charge in [0, 0.05) is 12.6 Å². The van der Waals surface area contributed by atoms with Gasteiger partial charge in [0.1, 0.15) is 5.75 Å². The lowest BCUT2D eigenvalue weighted by Crippen LogP contribution is -2.57. The molecule has 1 fully saturated rings. The summed E-state index contributed by atoms with van der Waals surface area (Å²) in [6.07, 6.45) is 4.27. The molecule has 0 aromatic heterocycles. The van der Waals surface area contributed by atoms with Crippen LogP contribution < -0.4 is 0 Å². The third-order valence-corrected chi connectivity index (χ3v) is 5.47. The monoisotopic (exact) mass is 257 g/mol. The first-order valence-corrected chi connectivity index (χ1v) is 7.23. The molecule has 2 unspecified atom stereocenters. The number of nitrogens with zero attached hydrogens (tertiary/aromatic N) is 1. The van der Waals surface area contributed by atoms with Gasteiger partial charge >= 0.3 is 0 Å². The van der Waals surface area contributed by atoms with Crippen molar-refractivity contribution in [2.75, 3.05) is 13.1 Å². The lowest BCUT2D eigenvalue weighted by molar-refractivity contribution is 0.0398. The molecule has 0 amide bonds. The van der Waals surface area contributed by atoms with E-state index in [1.165, 1.54) is 11.1 Å². The number of aromatic hydroxyl groups is 1. The van der Waals surface area contributed by atoms with E-state index in [1.807, 2.05) is 18.2 Å². The predicted octanol–water partition coefficient (Wildman–Crippen LogP) is 3.10. The van der Waals surface area contributed by atoms with Gasteiger partial charge in [-0.3, -0.25) is 4.90 Å². The Kier molecular flexibility index (Phi) is 2.94. The van der Waals surface area contributed by atoms with Crippen LogP contribution in [0.2, 0.25) is 0 Å². The molecule has 1 saturated heterocycles. The van der Waals surface area contributed by atoms with Crippen LogP contribution in [-0.2, 0) is 11.8 Å². The molecule has 19 heavy (non-hydrogen) atoms. The Morgan fingerprint density at radius 3 is 3.05 bits per heavy atom. The van der Waals surface area contributed by atoms with E-state index < -0.39 is 0 Å². The molecule has 2 aliphatic rings. The number of phenols is 1. The molecule has 3 rings (SSSR count). The quantitative estimate of drug-likeness (QED) is 0.823. The van der Waals surface area contributed by atoms with Crippen molar-refractivity contribution in [1.82, 2.24) is 4.90 Å². The first-order chi connectivity index (χ1) is 9.06. The summed E-state index contributed by atoms with van der Waals surface area (Å²) in [4.78, 5) is 2.56. The van der Waals surface area contributed by atoms with E-state index in [1.54, 1.807) is 0 Å². The second-order valence-corrected chi connectivity index (χ2v) is 6.35. The summed E-state index contributed by atoms with van der Waals surface area (Å²) in [5.74, 6) is 1.02. The highest BCUT2D eigenvalue weighted by atomic mass is 16.3. The molecule has 1 aliphatic heterocycles. The number of hydrogen-bond acceptors (Lipinski definition) is 2. The van der Waals surface area contributed by atoms with E-state index in [4.69, 9.17) is 0 Å². The van der Waals surface area contributed by atoms with Gasteiger partial charge in [-0.1, -0.05) is 26.0 Å². The number of fused-ring (bicyclic) bond motifs is 4. The first-order valence-electron chi connectivity index (χ1n) is 7.23. The summed E-state index contributed by atoms with van der Waals surface area (Å²) in [6.45, 7) is 10.7. The minimum atomic E-state index is 0.203. The van der Waals surface area contributed by atoms with Gasteiger partial charge in [0.05, 0.1) is 0 Å². The van der Waals surface area contributed by atoms with Crippen LogP contribution in [0.25, 0.3) is 0 Å². The summed E-state index contributed by atoms with van der Waals surface area (Å²) in [5.41, 5.74) is 2.99. The lowest BCUT2D eigenvalue weighted by Gasteiger charge is -2.54.